The Hall–Kier alpha value is -1.41. The van der Waals surface area contributed by atoms with Crippen LogP contribution in [0.5, 0.6) is 0 Å². The molecule has 2 N–H and O–H groups in total. The topological polar surface area (TPSA) is 49.8 Å². The van der Waals surface area contributed by atoms with Crippen molar-refractivity contribution in [2.24, 2.45) is 0 Å². The lowest BCUT2D eigenvalue weighted by Crippen LogP contribution is -2.10. The molecule has 1 aromatic carbocycles. The highest BCUT2D eigenvalue weighted by Gasteiger charge is 2.34. The lowest BCUT2D eigenvalue weighted by Gasteiger charge is -2.10. The van der Waals surface area contributed by atoms with Gasteiger partial charge >= 0.3 is 6.18 Å². The summed E-state index contributed by atoms with van der Waals surface area (Å²) in [5, 5.41) is 8.31. The highest BCUT2D eigenvalue weighted by Crippen LogP contribution is 2.36. The van der Waals surface area contributed by atoms with Crippen LogP contribution in [0.1, 0.15) is 11.1 Å². The zero-order valence-corrected chi connectivity index (χ0v) is 7.45. The Morgan fingerprint density at radius 3 is 2.36 bits per heavy atom. The van der Waals surface area contributed by atoms with Crippen LogP contribution in [0.25, 0.3) is 0 Å². The molecule has 0 unspecified atom stereocenters. The van der Waals surface area contributed by atoms with E-state index in [0.29, 0.717) is 6.07 Å². The Labute approximate surface area is 82.7 Å². The second kappa shape index (κ2) is 3.39. The average molecular weight is 221 g/mol. The first-order valence-electron chi connectivity index (χ1n) is 3.42. The van der Waals surface area contributed by atoms with Gasteiger partial charge in [-0.1, -0.05) is 11.6 Å². The fraction of sp³-hybridized carbons (Fsp3) is 0.125. The van der Waals surface area contributed by atoms with Gasteiger partial charge in [-0.05, 0) is 12.1 Å². The van der Waals surface area contributed by atoms with E-state index in [0.717, 1.165) is 6.07 Å². The van der Waals surface area contributed by atoms with E-state index in [9.17, 15) is 13.2 Å². The van der Waals surface area contributed by atoms with Gasteiger partial charge in [0.15, 0.2) is 0 Å². The summed E-state index contributed by atoms with van der Waals surface area (Å²) in [4.78, 5) is 0. The maximum absolute atomic E-state index is 12.3. The molecule has 0 atom stereocenters. The molecule has 0 saturated heterocycles. The number of benzene rings is 1. The molecular formula is C8H4ClF3N2. The standard InChI is InChI=1S/C8H4ClF3N2/c9-5-1-4(3-13)7(14)6(2-5)8(10,11)12/h1-2H,14H2. The first kappa shape index (κ1) is 10.7. The van der Waals surface area contributed by atoms with Crippen LogP contribution in [-0.2, 0) is 6.18 Å². The normalized spacial score (nSPS) is 11.1. The molecule has 14 heavy (non-hydrogen) atoms. The second-order valence-corrected chi connectivity index (χ2v) is 2.96. The fourth-order valence-corrected chi connectivity index (χ4v) is 1.16. The molecule has 0 aliphatic heterocycles. The van der Waals surface area contributed by atoms with E-state index in [1.165, 1.54) is 6.07 Å². The Morgan fingerprint density at radius 1 is 1.36 bits per heavy atom. The van der Waals surface area contributed by atoms with Crippen LogP contribution >= 0.6 is 11.6 Å². The Bertz CT molecular complexity index is 406. The van der Waals surface area contributed by atoms with Crippen molar-refractivity contribution < 1.29 is 13.2 Å². The number of hydrogen-bond acceptors (Lipinski definition) is 2. The molecule has 0 aliphatic rings. The molecule has 2 nitrogen and oxygen atoms in total. The number of halogens is 4. The lowest BCUT2D eigenvalue weighted by molar-refractivity contribution is -0.136. The van der Waals surface area contributed by atoms with Crippen LogP contribution in [0.2, 0.25) is 5.02 Å². The van der Waals surface area contributed by atoms with Gasteiger partial charge in [-0.2, -0.15) is 18.4 Å². The zero-order valence-electron chi connectivity index (χ0n) is 6.69. The first-order chi connectivity index (χ1) is 6.36. The highest BCUT2D eigenvalue weighted by atomic mass is 35.5. The van der Waals surface area contributed by atoms with Crippen molar-refractivity contribution in [1.82, 2.24) is 0 Å². The molecule has 1 rings (SSSR count). The fourth-order valence-electron chi connectivity index (χ4n) is 0.945. The van der Waals surface area contributed by atoms with E-state index >= 15 is 0 Å². The number of alkyl halides is 3. The molecule has 0 amide bonds. The van der Waals surface area contributed by atoms with Crippen molar-refractivity contribution in [2.45, 2.75) is 6.18 Å². The highest BCUT2D eigenvalue weighted by molar-refractivity contribution is 6.30. The third kappa shape index (κ3) is 1.91. The van der Waals surface area contributed by atoms with Gasteiger partial charge in [0.25, 0.3) is 0 Å². The van der Waals surface area contributed by atoms with Crippen LogP contribution in [0.3, 0.4) is 0 Å². The van der Waals surface area contributed by atoms with E-state index in [-0.39, 0.29) is 10.6 Å². The molecule has 0 saturated carbocycles. The van der Waals surface area contributed by atoms with E-state index in [1.54, 1.807) is 0 Å². The van der Waals surface area contributed by atoms with Crippen LogP contribution in [0.4, 0.5) is 18.9 Å². The summed E-state index contributed by atoms with van der Waals surface area (Å²) in [7, 11) is 0. The number of nitrogens with zero attached hydrogens (tertiary/aromatic N) is 1. The third-order valence-corrected chi connectivity index (χ3v) is 1.79. The van der Waals surface area contributed by atoms with Gasteiger partial charge in [0.2, 0.25) is 0 Å². The molecule has 0 radical (unpaired) electrons. The smallest absolute Gasteiger partial charge is 0.397 e. The average Bonchev–Trinajstić information content (AvgIpc) is 2.06. The Kier molecular flexibility index (Phi) is 2.58. The molecule has 0 heterocycles. The Balaban J connectivity index is 3.47. The van der Waals surface area contributed by atoms with Crippen LogP contribution < -0.4 is 5.73 Å². The molecule has 0 spiro atoms. The van der Waals surface area contributed by atoms with Gasteiger partial charge < -0.3 is 5.73 Å². The minimum absolute atomic E-state index is 0.164. The van der Waals surface area contributed by atoms with Gasteiger partial charge in [0.1, 0.15) is 6.07 Å². The zero-order chi connectivity index (χ0) is 10.9. The van der Waals surface area contributed by atoms with Crippen molar-refractivity contribution >= 4 is 17.3 Å². The summed E-state index contributed by atoms with van der Waals surface area (Å²) in [6.07, 6.45) is -4.60. The van der Waals surface area contributed by atoms with Crippen LogP contribution in [-0.4, -0.2) is 0 Å². The van der Waals surface area contributed by atoms with Gasteiger partial charge in [-0.3, -0.25) is 0 Å². The predicted octanol–water partition coefficient (Wildman–Crippen LogP) is 2.81. The molecule has 6 heteroatoms. The van der Waals surface area contributed by atoms with Gasteiger partial charge in [0.05, 0.1) is 16.8 Å². The minimum atomic E-state index is -4.60. The minimum Gasteiger partial charge on any atom is -0.397 e. The molecule has 0 aromatic heterocycles. The van der Waals surface area contributed by atoms with Gasteiger partial charge in [-0.25, -0.2) is 0 Å². The predicted molar refractivity (Wildman–Crippen MR) is 45.6 cm³/mol. The van der Waals surface area contributed by atoms with Gasteiger partial charge in [-0.15, -0.1) is 0 Å². The number of nitrogen functional groups attached to an aromatic ring is 1. The summed E-state index contributed by atoms with van der Waals surface area (Å²) >= 11 is 5.40. The van der Waals surface area contributed by atoms with Crippen LogP contribution in [0.15, 0.2) is 12.1 Å². The van der Waals surface area contributed by atoms with Crippen molar-refractivity contribution in [2.75, 3.05) is 5.73 Å². The van der Waals surface area contributed by atoms with Crippen molar-refractivity contribution in [3.05, 3.63) is 28.3 Å². The first-order valence-corrected chi connectivity index (χ1v) is 3.80. The number of anilines is 1. The molecule has 1 aromatic rings. The number of nitrogens with two attached hydrogens (primary N) is 1. The Morgan fingerprint density at radius 2 is 1.93 bits per heavy atom. The number of nitriles is 1. The monoisotopic (exact) mass is 220 g/mol. The summed E-state index contributed by atoms with van der Waals surface area (Å²) in [5.41, 5.74) is 3.20. The summed E-state index contributed by atoms with van der Waals surface area (Å²) in [5.74, 6) is 0. The largest absolute Gasteiger partial charge is 0.418 e. The van der Waals surface area contributed by atoms with Crippen molar-refractivity contribution in [3.63, 3.8) is 0 Å². The maximum atomic E-state index is 12.3. The molecule has 74 valence electrons. The summed E-state index contributed by atoms with van der Waals surface area (Å²) in [6.45, 7) is 0. The summed E-state index contributed by atoms with van der Waals surface area (Å²) in [6, 6.07) is 3.32. The van der Waals surface area contributed by atoms with Crippen LogP contribution in [0, 0.1) is 11.3 Å². The quantitative estimate of drug-likeness (QED) is 0.684. The molecule has 0 fully saturated rings. The summed E-state index contributed by atoms with van der Waals surface area (Å²) < 4.78 is 36.9. The SMILES string of the molecule is N#Cc1cc(Cl)cc(C(F)(F)F)c1N. The molecule has 0 bridgehead atoms. The molecular weight excluding hydrogens is 217 g/mol. The third-order valence-electron chi connectivity index (χ3n) is 1.57. The maximum Gasteiger partial charge on any atom is 0.418 e. The van der Waals surface area contributed by atoms with Crippen molar-refractivity contribution in [3.8, 4) is 6.07 Å². The molecule has 0 aliphatic carbocycles. The van der Waals surface area contributed by atoms with E-state index < -0.39 is 17.4 Å². The van der Waals surface area contributed by atoms with E-state index in [1.807, 2.05) is 0 Å². The van der Waals surface area contributed by atoms with Gasteiger partial charge in [0, 0.05) is 5.02 Å². The number of rotatable bonds is 0. The van der Waals surface area contributed by atoms with E-state index in [4.69, 9.17) is 22.6 Å². The lowest BCUT2D eigenvalue weighted by atomic mass is 10.1. The number of hydrogen-bond donors (Lipinski definition) is 1. The van der Waals surface area contributed by atoms with Crippen molar-refractivity contribution in [1.29, 1.82) is 5.26 Å². The van der Waals surface area contributed by atoms with E-state index in [2.05, 4.69) is 0 Å². The second-order valence-electron chi connectivity index (χ2n) is 2.52.